The molecule has 7 heteroatoms. The molecule has 4 aromatic rings. The summed E-state index contributed by atoms with van der Waals surface area (Å²) in [5.41, 5.74) is 0.990. The molecule has 0 spiro atoms. The monoisotopic (exact) mass is 393 g/mol. The second-order valence-corrected chi connectivity index (χ2v) is 6.97. The third-order valence-electron chi connectivity index (χ3n) is 4.15. The van der Waals surface area contributed by atoms with Crippen LogP contribution in [0.2, 0.25) is 0 Å². The van der Waals surface area contributed by atoms with E-state index in [1.165, 1.54) is 17.8 Å². The van der Waals surface area contributed by atoms with Crippen molar-refractivity contribution in [1.29, 1.82) is 0 Å². The number of rotatable bonds is 7. The summed E-state index contributed by atoms with van der Waals surface area (Å²) in [6, 6.07) is 19.1. The highest BCUT2D eigenvalue weighted by molar-refractivity contribution is 7.99. The third kappa shape index (κ3) is 3.89. The Morgan fingerprint density at radius 2 is 1.79 bits per heavy atom. The topological polar surface area (TPSA) is 60.9 Å². The predicted octanol–water partition coefficient (Wildman–Crippen LogP) is 4.70. The second kappa shape index (κ2) is 8.22. The van der Waals surface area contributed by atoms with Gasteiger partial charge in [-0.15, -0.1) is 10.2 Å². The molecule has 140 valence electrons. The molecular weight excluding hydrogens is 377 g/mol. The first-order valence-electron chi connectivity index (χ1n) is 8.64. The van der Waals surface area contributed by atoms with Crippen LogP contribution in [0.1, 0.15) is 16.1 Å². The summed E-state index contributed by atoms with van der Waals surface area (Å²) >= 11 is 1.27. The normalized spacial score (nSPS) is 10.9. The number of carbonyl (C=O) groups excluding carboxylic acids is 1. The zero-order valence-electron chi connectivity index (χ0n) is 14.8. The molecule has 0 aliphatic rings. The highest BCUT2D eigenvalue weighted by Gasteiger charge is 2.19. The van der Waals surface area contributed by atoms with E-state index in [0.717, 1.165) is 0 Å². The van der Waals surface area contributed by atoms with Crippen molar-refractivity contribution >= 4 is 17.5 Å². The summed E-state index contributed by atoms with van der Waals surface area (Å²) in [6.07, 6.45) is 1.58. The van der Waals surface area contributed by atoms with Crippen molar-refractivity contribution in [3.05, 3.63) is 90.1 Å². The number of benzene rings is 2. The molecule has 2 heterocycles. The summed E-state index contributed by atoms with van der Waals surface area (Å²) < 4.78 is 21.5. The van der Waals surface area contributed by atoms with Gasteiger partial charge in [0.1, 0.15) is 11.6 Å². The van der Waals surface area contributed by atoms with Crippen molar-refractivity contribution in [2.24, 2.45) is 0 Å². The Morgan fingerprint density at radius 1 is 1.00 bits per heavy atom. The maximum atomic E-state index is 14.3. The van der Waals surface area contributed by atoms with E-state index in [1.54, 1.807) is 47.2 Å². The Hall–Kier alpha value is -3.19. The van der Waals surface area contributed by atoms with Crippen LogP contribution in [0.25, 0.3) is 11.4 Å². The molecule has 4 rings (SSSR count). The van der Waals surface area contributed by atoms with Crippen LogP contribution >= 0.6 is 11.8 Å². The van der Waals surface area contributed by atoms with Gasteiger partial charge in [0.15, 0.2) is 16.8 Å². The summed E-state index contributed by atoms with van der Waals surface area (Å²) in [6.45, 7) is 0.339. The van der Waals surface area contributed by atoms with Crippen molar-refractivity contribution in [2.45, 2.75) is 11.7 Å². The van der Waals surface area contributed by atoms with Crippen molar-refractivity contribution in [3.8, 4) is 11.4 Å². The molecular formula is C21H16FN3O2S. The van der Waals surface area contributed by atoms with Crippen LogP contribution in [-0.2, 0) is 6.54 Å². The smallest absolute Gasteiger partial charge is 0.192 e. The number of carbonyl (C=O) groups is 1. The number of aromatic nitrogens is 3. The molecule has 2 aromatic heterocycles. The molecule has 0 unspecified atom stereocenters. The van der Waals surface area contributed by atoms with Gasteiger partial charge in [0, 0.05) is 5.56 Å². The standard InChI is InChI=1S/C21H16FN3O2S/c22-18-11-5-4-10-17(18)20-23-24-21(25(20)13-16-9-6-12-27-16)28-14-19(26)15-7-2-1-3-8-15/h1-12H,13-14H2. The van der Waals surface area contributed by atoms with Gasteiger partial charge < -0.3 is 4.42 Å². The van der Waals surface area contributed by atoms with Gasteiger partial charge in [-0.2, -0.15) is 0 Å². The number of hydrogen-bond donors (Lipinski definition) is 0. The van der Waals surface area contributed by atoms with Crippen LogP contribution in [0.3, 0.4) is 0 Å². The summed E-state index contributed by atoms with van der Waals surface area (Å²) in [5.74, 6) is 0.897. The zero-order valence-corrected chi connectivity index (χ0v) is 15.6. The Morgan fingerprint density at radius 3 is 2.54 bits per heavy atom. The minimum absolute atomic E-state index is 0.00871. The van der Waals surface area contributed by atoms with Gasteiger partial charge in [0.25, 0.3) is 0 Å². The molecule has 0 aliphatic carbocycles. The molecule has 28 heavy (non-hydrogen) atoms. The quantitative estimate of drug-likeness (QED) is 0.336. The van der Waals surface area contributed by atoms with Gasteiger partial charge >= 0.3 is 0 Å². The fourth-order valence-corrected chi connectivity index (χ4v) is 3.61. The van der Waals surface area contributed by atoms with E-state index in [2.05, 4.69) is 10.2 Å². The average molecular weight is 393 g/mol. The van der Waals surface area contributed by atoms with Gasteiger partial charge in [0.05, 0.1) is 24.1 Å². The Labute approximate surface area is 165 Å². The lowest BCUT2D eigenvalue weighted by molar-refractivity contribution is 0.102. The van der Waals surface area contributed by atoms with Crippen LogP contribution < -0.4 is 0 Å². The van der Waals surface area contributed by atoms with E-state index < -0.39 is 0 Å². The zero-order chi connectivity index (χ0) is 19.3. The van der Waals surface area contributed by atoms with Gasteiger partial charge in [-0.3, -0.25) is 9.36 Å². The second-order valence-electron chi connectivity index (χ2n) is 6.03. The van der Waals surface area contributed by atoms with Crippen molar-refractivity contribution in [2.75, 3.05) is 5.75 Å². The van der Waals surface area contributed by atoms with E-state index in [0.29, 0.717) is 34.4 Å². The minimum Gasteiger partial charge on any atom is -0.467 e. The van der Waals surface area contributed by atoms with E-state index >= 15 is 0 Å². The van der Waals surface area contributed by atoms with Gasteiger partial charge in [-0.05, 0) is 24.3 Å². The summed E-state index contributed by atoms with van der Waals surface area (Å²) in [4.78, 5) is 12.4. The van der Waals surface area contributed by atoms with Crippen molar-refractivity contribution in [1.82, 2.24) is 14.8 Å². The van der Waals surface area contributed by atoms with E-state index in [1.807, 2.05) is 24.3 Å². The lowest BCUT2D eigenvalue weighted by atomic mass is 10.2. The number of Topliss-reactive ketones (excluding diaryl/α,β-unsaturated/α-hetero) is 1. The minimum atomic E-state index is -0.382. The Bertz CT molecular complexity index is 1080. The number of ketones is 1. The molecule has 0 saturated carbocycles. The molecule has 0 N–H and O–H groups in total. The molecule has 0 aliphatic heterocycles. The highest BCUT2D eigenvalue weighted by atomic mass is 32.2. The first kappa shape index (κ1) is 18.2. The number of hydrogen-bond acceptors (Lipinski definition) is 5. The number of furan rings is 1. The van der Waals surface area contributed by atoms with Crippen LogP contribution in [0.15, 0.2) is 82.6 Å². The molecule has 0 radical (unpaired) electrons. The fourth-order valence-electron chi connectivity index (χ4n) is 2.78. The van der Waals surface area contributed by atoms with E-state index in [-0.39, 0.29) is 17.4 Å². The number of nitrogens with zero attached hydrogens (tertiary/aromatic N) is 3. The Balaban J connectivity index is 1.63. The number of halogens is 1. The van der Waals surface area contributed by atoms with Crippen LogP contribution in [0.5, 0.6) is 0 Å². The SMILES string of the molecule is O=C(CSc1nnc(-c2ccccc2F)n1Cc1ccco1)c1ccccc1. The molecule has 0 atom stereocenters. The first-order chi connectivity index (χ1) is 13.7. The lowest BCUT2D eigenvalue weighted by Crippen LogP contribution is -2.07. The van der Waals surface area contributed by atoms with Crippen LogP contribution in [0.4, 0.5) is 4.39 Å². The highest BCUT2D eigenvalue weighted by Crippen LogP contribution is 2.27. The maximum absolute atomic E-state index is 14.3. The average Bonchev–Trinajstić information content (AvgIpc) is 3.38. The van der Waals surface area contributed by atoms with Crippen LogP contribution in [-0.4, -0.2) is 26.3 Å². The first-order valence-corrected chi connectivity index (χ1v) is 9.62. The summed E-state index contributed by atoms with van der Waals surface area (Å²) in [5, 5.41) is 8.90. The maximum Gasteiger partial charge on any atom is 0.192 e. The van der Waals surface area contributed by atoms with Crippen molar-refractivity contribution in [3.63, 3.8) is 0 Å². The van der Waals surface area contributed by atoms with Crippen LogP contribution in [0, 0.1) is 5.82 Å². The van der Waals surface area contributed by atoms with Gasteiger partial charge in [0.2, 0.25) is 0 Å². The molecule has 0 saturated heterocycles. The third-order valence-corrected chi connectivity index (χ3v) is 5.12. The summed E-state index contributed by atoms with van der Waals surface area (Å²) in [7, 11) is 0. The fraction of sp³-hybridized carbons (Fsp3) is 0.0952. The van der Waals surface area contributed by atoms with Crippen molar-refractivity contribution < 1.29 is 13.6 Å². The molecule has 0 amide bonds. The molecule has 0 bridgehead atoms. The largest absolute Gasteiger partial charge is 0.467 e. The van der Waals surface area contributed by atoms with Gasteiger partial charge in [-0.25, -0.2) is 4.39 Å². The predicted molar refractivity (Wildman–Crippen MR) is 105 cm³/mol. The van der Waals surface area contributed by atoms with E-state index in [9.17, 15) is 9.18 Å². The molecule has 2 aromatic carbocycles. The molecule has 0 fully saturated rings. The lowest BCUT2D eigenvalue weighted by Gasteiger charge is -2.09. The van der Waals surface area contributed by atoms with E-state index in [4.69, 9.17) is 4.42 Å². The Kier molecular flexibility index (Phi) is 5.34. The molecule has 5 nitrogen and oxygen atoms in total. The van der Waals surface area contributed by atoms with Gasteiger partial charge in [-0.1, -0.05) is 54.2 Å². The number of thioether (sulfide) groups is 1.